The maximum atomic E-state index is 12.1. The van der Waals surface area contributed by atoms with E-state index in [0.29, 0.717) is 35.5 Å². The lowest BCUT2D eigenvalue weighted by atomic mass is 10.0. The highest BCUT2D eigenvalue weighted by Gasteiger charge is 2.29. The number of carboxylic acids is 1. The lowest BCUT2D eigenvalue weighted by molar-refractivity contribution is -0.134. The van der Waals surface area contributed by atoms with Crippen LogP contribution in [0.1, 0.15) is 43.0 Å². The largest absolute Gasteiger partial charge is 0.490 e. The number of carboxylic acid groups (broad SMARTS) is 1. The van der Waals surface area contributed by atoms with Crippen molar-refractivity contribution < 1.29 is 23.1 Å². The molecule has 34 heavy (non-hydrogen) atoms. The van der Waals surface area contributed by atoms with E-state index in [1.54, 1.807) is 23.0 Å². The highest BCUT2D eigenvalue weighted by atomic mass is 32.2. The molecule has 0 saturated heterocycles. The van der Waals surface area contributed by atoms with Crippen molar-refractivity contribution in [3.05, 3.63) is 65.4 Å². The first-order chi connectivity index (χ1) is 16.2. The molecule has 9 nitrogen and oxygen atoms in total. The Kier molecular flexibility index (Phi) is 6.41. The first kappa shape index (κ1) is 23.5. The summed E-state index contributed by atoms with van der Waals surface area (Å²) in [4.78, 5) is 10.8. The zero-order valence-corrected chi connectivity index (χ0v) is 19.5. The fraction of sp³-hybridized carbons (Fsp3) is 0.292. The second kappa shape index (κ2) is 9.29. The molecule has 0 spiro atoms. The zero-order valence-electron chi connectivity index (χ0n) is 18.7. The van der Waals surface area contributed by atoms with Crippen molar-refractivity contribution in [2.24, 2.45) is 0 Å². The molecular formula is C24H24N4O5S. The first-order valence-corrected chi connectivity index (χ1v) is 12.4. The van der Waals surface area contributed by atoms with Gasteiger partial charge in [-0.15, -0.1) is 0 Å². The molecule has 0 bridgehead atoms. The third-order valence-corrected chi connectivity index (χ3v) is 6.75. The number of carbonyl (C=O) groups is 1. The normalized spacial score (nSPS) is 15.2. The van der Waals surface area contributed by atoms with E-state index in [4.69, 9.17) is 9.84 Å². The third kappa shape index (κ3) is 4.95. The van der Waals surface area contributed by atoms with Crippen LogP contribution in [0.5, 0.6) is 5.75 Å². The van der Waals surface area contributed by atoms with Crippen molar-refractivity contribution in [1.82, 2.24) is 14.5 Å². The maximum Gasteiger partial charge on any atom is 0.320 e. The van der Waals surface area contributed by atoms with E-state index in [0.717, 1.165) is 16.7 Å². The van der Waals surface area contributed by atoms with Gasteiger partial charge >= 0.3 is 5.97 Å². The van der Waals surface area contributed by atoms with Crippen LogP contribution in [0.25, 0.3) is 16.9 Å². The minimum atomic E-state index is -3.94. The highest BCUT2D eigenvalue weighted by molar-refractivity contribution is 7.90. The van der Waals surface area contributed by atoms with E-state index in [-0.39, 0.29) is 6.10 Å². The average molecular weight is 481 g/mol. The van der Waals surface area contributed by atoms with Crippen LogP contribution in [0.15, 0.2) is 48.7 Å². The van der Waals surface area contributed by atoms with Gasteiger partial charge in [0.2, 0.25) is 10.0 Å². The van der Waals surface area contributed by atoms with Gasteiger partial charge in [0.15, 0.2) is 5.75 Å². The molecule has 3 aromatic rings. The summed E-state index contributed by atoms with van der Waals surface area (Å²) >= 11 is 0. The Morgan fingerprint density at radius 1 is 1.32 bits per heavy atom. The zero-order chi connectivity index (χ0) is 24.5. The molecule has 1 aliphatic carbocycles. The maximum absolute atomic E-state index is 12.1. The molecule has 0 amide bonds. The molecule has 0 fully saturated rings. The minimum Gasteiger partial charge on any atom is -0.490 e. The van der Waals surface area contributed by atoms with E-state index in [9.17, 15) is 18.5 Å². The Morgan fingerprint density at radius 3 is 2.82 bits per heavy atom. The quantitative estimate of drug-likeness (QED) is 0.506. The number of hydrogen-bond donors (Lipinski definition) is 2. The second-order valence-electron chi connectivity index (χ2n) is 8.34. The molecule has 0 aliphatic heterocycles. The molecule has 176 valence electrons. The van der Waals surface area contributed by atoms with Gasteiger partial charge in [-0.25, -0.2) is 17.8 Å². The monoisotopic (exact) mass is 480 g/mol. The molecule has 1 unspecified atom stereocenters. The predicted octanol–water partition coefficient (Wildman–Crippen LogP) is 3.19. The van der Waals surface area contributed by atoms with Gasteiger partial charge in [0.1, 0.15) is 11.8 Å². The molecule has 1 heterocycles. The summed E-state index contributed by atoms with van der Waals surface area (Å²) in [5.41, 5.74) is 4.53. The smallest absolute Gasteiger partial charge is 0.320 e. The van der Waals surface area contributed by atoms with E-state index in [1.807, 2.05) is 44.2 Å². The number of nitrogens with zero attached hydrogens (tertiary/aromatic N) is 3. The van der Waals surface area contributed by atoms with E-state index >= 15 is 0 Å². The standard InChI is InChI=1S/C24H24N4O5S/c1-15(2)33-23-9-6-17(12-16(23)13-25)28-11-10-21(26-28)19-4-3-5-20-18(19)7-8-22(20)27-34(31,32)14-24(29)30/h3-6,9-12,15,22,27H,7-8,14H2,1-2H3,(H,29,30). The molecule has 1 atom stereocenters. The molecule has 10 heteroatoms. The third-order valence-electron chi connectivity index (χ3n) is 5.48. The number of benzene rings is 2. The summed E-state index contributed by atoms with van der Waals surface area (Å²) in [5, 5.41) is 23.0. The van der Waals surface area contributed by atoms with E-state index in [1.165, 1.54) is 0 Å². The van der Waals surface area contributed by atoms with Crippen LogP contribution < -0.4 is 9.46 Å². The molecule has 4 rings (SSSR count). The summed E-state index contributed by atoms with van der Waals surface area (Å²) < 4.78 is 34.1. The van der Waals surface area contributed by atoms with E-state index in [2.05, 4.69) is 15.9 Å². The Balaban J connectivity index is 1.62. The van der Waals surface area contributed by atoms with Crippen LogP contribution in [-0.2, 0) is 21.2 Å². The van der Waals surface area contributed by atoms with Crippen LogP contribution in [0.4, 0.5) is 0 Å². The Hall–Kier alpha value is -3.68. The van der Waals surface area contributed by atoms with Crippen molar-refractivity contribution in [2.75, 3.05) is 5.75 Å². The number of fused-ring (bicyclic) bond motifs is 1. The van der Waals surface area contributed by atoms with Crippen molar-refractivity contribution in [2.45, 2.75) is 38.8 Å². The Morgan fingerprint density at radius 2 is 2.12 bits per heavy atom. The van der Waals surface area contributed by atoms with Gasteiger partial charge in [0, 0.05) is 17.8 Å². The molecular weight excluding hydrogens is 456 g/mol. The lowest BCUT2D eigenvalue weighted by Crippen LogP contribution is -2.32. The topological polar surface area (TPSA) is 134 Å². The number of nitrogens with one attached hydrogen (secondary N) is 1. The fourth-order valence-electron chi connectivity index (χ4n) is 4.15. The molecule has 0 radical (unpaired) electrons. The molecule has 1 aromatic heterocycles. The summed E-state index contributed by atoms with van der Waals surface area (Å²) in [6, 6.07) is 14.5. The minimum absolute atomic E-state index is 0.0492. The summed E-state index contributed by atoms with van der Waals surface area (Å²) in [6.45, 7) is 3.80. The van der Waals surface area contributed by atoms with Crippen molar-refractivity contribution in [3.63, 3.8) is 0 Å². The van der Waals surface area contributed by atoms with Crippen LogP contribution in [0.2, 0.25) is 0 Å². The second-order valence-corrected chi connectivity index (χ2v) is 10.1. The van der Waals surface area contributed by atoms with Gasteiger partial charge in [0.05, 0.1) is 23.0 Å². The fourth-order valence-corrected chi connectivity index (χ4v) is 5.24. The van der Waals surface area contributed by atoms with E-state index < -0.39 is 27.8 Å². The molecule has 0 saturated carbocycles. The number of rotatable bonds is 8. The number of nitriles is 1. The highest BCUT2D eigenvalue weighted by Crippen LogP contribution is 2.37. The van der Waals surface area contributed by atoms with Gasteiger partial charge in [-0.2, -0.15) is 10.4 Å². The van der Waals surface area contributed by atoms with Gasteiger partial charge in [-0.1, -0.05) is 18.2 Å². The molecule has 2 N–H and O–H groups in total. The number of sulfonamides is 1. The van der Waals surface area contributed by atoms with Crippen molar-refractivity contribution in [3.8, 4) is 28.8 Å². The Bertz CT molecular complexity index is 1390. The Labute approximate surface area is 197 Å². The summed E-state index contributed by atoms with van der Waals surface area (Å²) in [5.74, 6) is -1.84. The predicted molar refractivity (Wildman–Crippen MR) is 125 cm³/mol. The van der Waals surface area contributed by atoms with Crippen molar-refractivity contribution in [1.29, 1.82) is 5.26 Å². The molecule has 1 aliphatic rings. The van der Waals surface area contributed by atoms with Crippen LogP contribution in [0.3, 0.4) is 0 Å². The van der Waals surface area contributed by atoms with Crippen LogP contribution in [-0.4, -0.2) is 41.1 Å². The average Bonchev–Trinajstić information content (AvgIpc) is 3.40. The van der Waals surface area contributed by atoms with Gasteiger partial charge < -0.3 is 9.84 Å². The first-order valence-electron chi connectivity index (χ1n) is 10.8. The summed E-state index contributed by atoms with van der Waals surface area (Å²) in [6.07, 6.45) is 2.93. The number of ether oxygens (including phenoxy) is 1. The lowest BCUT2D eigenvalue weighted by Gasteiger charge is -2.14. The molecule has 2 aromatic carbocycles. The van der Waals surface area contributed by atoms with Gasteiger partial charge in [-0.05, 0) is 62.1 Å². The number of aromatic nitrogens is 2. The number of aliphatic carboxylic acids is 1. The van der Waals surface area contributed by atoms with Gasteiger partial charge in [-0.3, -0.25) is 4.79 Å². The SMILES string of the molecule is CC(C)Oc1ccc(-n2ccc(-c3cccc4c3CCC4NS(=O)(=O)CC(=O)O)n2)cc1C#N. The number of hydrogen-bond acceptors (Lipinski definition) is 6. The van der Waals surface area contributed by atoms with Crippen molar-refractivity contribution >= 4 is 16.0 Å². The summed E-state index contributed by atoms with van der Waals surface area (Å²) in [7, 11) is -3.94. The van der Waals surface area contributed by atoms with Gasteiger partial charge in [0.25, 0.3) is 0 Å². The van der Waals surface area contributed by atoms with Crippen LogP contribution >= 0.6 is 0 Å². The van der Waals surface area contributed by atoms with Crippen LogP contribution in [0, 0.1) is 11.3 Å².